The van der Waals surface area contributed by atoms with Crippen LogP contribution in [0, 0.1) is 0 Å². The first kappa shape index (κ1) is 15.5. The van der Waals surface area contributed by atoms with E-state index < -0.39 is 0 Å². The molecule has 3 heteroatoms. The molecule has 0 saturated carbocycles. The van der Waals surface area contributed by atoms with Gasteiger partial charge >= 0.3 is 0 Å². The third-order valence-electron chi connectivity index (χ3n) is 3.04. The number of ether oxygens (including phenoxy) is 1. The summed E-state index contributed by atoms with van der Waals surface area (Å²) in [6, 6.07) is 5.85. The molecule has 0 aliphatic rings. The zero-order chi connectivity index (χ0) is 13.2. The van der Waals surface area contributed by atoms with Crippen molar-refractivity contribution in [2.75, 3.05) is 12.3 Å². The second kappa shape index (κ2) is 9.40. The highest BCUT2D eigenvalue weighted by atomic mass is 79.9. The van der Waals surface area contributed by atoms with Gasteiger partial charge in [0, 0.05) is 22.3 Å². The normalized spacial score (nSPS) is 10.8. The van der Waals surface area contributed by atoms with Crippen molar-refractivity contribution in [1.82, 2.24) is 0 Å². The van der Waals surface area contributed by atoms with E-state index >= 15 is 0 Å². The van der Waals surface area contributed by atoms with Crippen LogP contribution in [0.5, 0.6) is 0 Å². The molecule has 0 bridgehead atoms. The smallest absolute Gasteiger partial charge is 0.0748 e. The van der Waals surface area contributed by atoms with Crippen molar-refractivity contribution in [1.29, 1.82) is 0 Å². The predicted molar refractivity (Wildman–Crippen MR) is 81.6 cm³/mol. The van der Waals surface area contributed by atoms with Crippen molar-refractivity contribution in [3.05, 3.63) is 28.2 Å². The highest BCUT2D eigenvalue weighted by Crippen LogP contribution is 2.23. The van der Waals surface area contributed by atoms with Gasteiger partial charge in [0.25, 0.3) is 0 Å². The number of unbranched alkanes of at least 4 members (excludes halogenated alkanes) is 5. The van der Waals surface area contributed by atoms with E-state index in [1.807, 2.05) is 18.2 Å². The maximum absolute atomic E-state index is 5.91. The fraction of sp³-hybridized carbons (Fsp3) is 0.600. The van der Waals surface area contributed by atoms with Gasteiger partial charge in [0.05, 0.1) is 6.61 Å². The second-order valence-corrected chi connectivity index (χ2v) is 5.48. The predicted octanol–water partition coefficient (Wildman–Crippen LogP) is 4.91. The van der Waals surface area contributed by atoms with Crippen molar-refractivity contribution in [3.63, 3.8) is 0 Å². The highest BCUT2D eigenvalue weighted by molar-refractivity contribution is 9.10. The molecule has 1 rings (SSSR count). The fourth-order valence-corrected chi connectivity index (χ4v) is 2.38. The van der Waals surface area contributed by atoms with Crippen molar-refractivity contribution in [3.8, 4) is 0 Å². The SMILES string of the molecule is CCCCCCCCOCc1c(N)cccc1Br. The lowest BCUT2D eigenvalue weighted by molar-refractivity contribution is 0.116. The number of hydrogen-bond donors (Lipinski definition) is 1. The van der Waals surface area contributed by atoms with E-state index in [1.165, 1.54) is 32.1 Å². The Morgan fingerprint density at radius 1 is 1.11 bits per heavy atom. The zero-order valence-corrected chi connectivity index (χ0v) is 12.8. The van der Waals surface area contributed by atoms with Crippen LogP contribution < -0.4 is 5.73 Å². The standard InChI is InChI=1S/C15H24BrNO/c1-2-3-4-5-6-7-11-18-12-13-14(16)9-8-10-15(13)17/h8-10H,2-7,11-12,17H2,1H3. The van der Waals surface area contributed by atoms with Gasteiger partial charge in [0.15, 0.2) is 0 Å². The topological polar surface area (TPSA) is 35.2 Å². The van der Waals surface area contributed by atoms with Crippen LogP contribution in [-0.4, -0.2) is 6.61 Å². The third kappa shape index (κ3) is 5.87. The summed E-state index contributed by atoms with van der Waals surface area (Å²) < 4.78 is 6.71. The first-order valence-corrected chi connectivity index (χ1v) is 7.65. The molecular formula is C15H24BrNO. The van der Waals surface area contributed by atoms with Crippen LogP contribution in [0.3, 0.4) is 0 Å². The molecule has 0 saturated heterocycles. The molecule has 0 heterocycles. The van der Waals surface area contributed by atoms with Crippen molar-refractivity contribution < 1.29 is 4.74 Å². The quantitative estimate of drug-likeness (QED) is 0.519. The number of halogens is 1. The molecule has 1 aromatic rings. The molecular weight excluding hydrogens is 290 g/mol. The summed E-state index contributed by atoms with van der Waals surface area (Å²) in [6.45, 7) is 3.67. The summed E-state index contributed by atoms with van der Waals surface area (Å²) in [5.74, 6) is 0. The maximum atomic E-state index is 5.91. The molecule has 0 aliphatic heterocycles. The Morgan fingerprint density at radius 2 is 1.83 bits per heavy atom. The molecule has 1 aromatic carbocycles. The first-order chi connectivity index (χ1) is 8.75. The summed E-state index contributed by atoms with van der Waals surface area (Å²) in [4.78, 5) is 0. The lowest BCUT2D eigenvalue weighted by atomic mass is 10.1. The molecule has 0 amide bonds. The van der Waals surface area contributed by atoms with Gasteiger partial charge in [-0.05, 0) is 18.6 Å². The van der Waals surface area contributed by atoms with Crippen molar-refractivity contribution in [2.45, 2.75) is 52.1 Å². The van der Waals surface area contributed by atoms with Crippen LogP contribution in [0.2, 0.25) is 0 Å². The van der Waals surface area contributed by atoms with Gasteiger partial charge in [-0.25, -0.2) is 0 Å². The summed E-state index contributed by atoms with van der Waals surface area (Å²) >= 11 is 3.50. The Balaban J connectivity index is 2.11. The fourth-order valence-electron chi connectivity index (χ4n) is 1.89. The Morgan fingerprint density at radius 3 is 2.56 bits per heavy atom. The van der Waals surface area contributed by atoms with Gasteiger partial charge in [-0.15, -0.1) is 0 Å². The number of anilines is 1. The van der Waals surface area contributed by atoms with Gasteiger partial charge in [0.1, 0.15) is 0 Å². The first-order valence-electron chi connectivity index (χ1n) is 6.86. The van der Waals surface area contributed by atoms with E-state index in [-0.39, 0.29) is 0 Å². The van der Waals surface area contributed by atoms with Crippen LogP contribution in [0.1, 0.15) is 51.0 Å². The lowest BCUT2D eigenvalue weighted by Crippen LogP contribution is -2.00. The highest BCUT2D eigenvalue weighted by Gasteiger charge is 2.03. The summed E-state index contributed by atoms with van der Waals surface area (Å²) in [7, 11) is 0. The van der Waals surface area contributed by atoms with Gasteiger partial charge in [-0.3, -0.25) is 0 Å². The number of rotatable bonds is 9. The average molecular weight is 314 g/mol. The minimum atomic E-state index is 0.599. The molecule has 0 spiro atoms. The van der Waals surface area contributed by atoms with Crippen molar-refractivity contribution in [2.24, 2.45) is 0 Å². The van der Waals surface area contributed by atoms with Gasteiger partial charge in [0.2, 0.25) is 0 Å². The Labute approximate surface area is 119 Å². The number of nitrogens with two attached hydrogens (primary N) is 1. The van der Waals surface area contributed by atoms with Gasteiger partial charge in [-0.1, -0.05) is 61.0 Å². The van der Waals surface area contributed by atoms with Crippen LogP contribution in [0.15, 0.2) is 22.7 Å². The monoisotopic (exact) mass is 313 g/mol. The summed E-state index contributed by atoms with van der Waals surface area (Å²) in [5.41, 5.74) is 7.76. The number of nitrogen functional groups attached to an aromatic ring is 1. The maximum Gasteiger partial charge on any atom is 0.0748 e. The summed E-state index contributed by atoms with van der Waals surface area (Å²) in [6.07, 6.45) is 7.76. The van der Waals surface area contributed by atoms with Crippen LogP contribution in [0.4, 0.5) is 5.69 Å². The molecule has 0 fully saturated rings. The average Bonchev–Trinajstić information content (AvgIpc) is 2.35. The minimum absolute atomic E-state index is 0.599. The van der Waals surface area contributed by atoms with E-state index in [4.69, 9.17) is 10.5 Å². The molecule has 0 atom stereocenters. The number of benzene rings is 1. The van der Waals surface area contributed by atoms with E-state index in [9.17, 15) is 0 Å². The van der Waals surface area contributed by atoms with Crippen LogP contribution in [0.25, 0.3) is 0 Å². The molecule has 0 aliphatic carbocycles. The molecule has 102 valence electrons. The van der Waals surface area contributed by atoms with E-state index in [1.54, 1.807) is 0 Å². The van der Waals surface area contributed by atoms with E-state index in [2.05, 4.69) is 22.9 Å². The molecule has 18 heavy (non-hydrogen) atoms. The van der Waals surface area contributed by atoms with Gasteiger partial charge < -0.3 is 10.5 Å². The minimum Gasteiger partial charge on any atom is -0.398 e. The van der Waals surface area contributed by atoms with Gasteiger partial charge in [-0.2, -0.15) is 0 Å². The third-order valence-corrected chi connectivity index (χ3v) is 3.79. The second-order valence-electron chi connectivity index (χ2n) is 4.63. The molecule has 0 radical (unpaired) electrons. The van der Waals surface area contributed by atoms with Crippen molar-refractivity contribution >= 4 is 21.6 Å². The van der Waals surface area contributed by atoms with Crippen LogP contribution >= 0.6 is 15.9 Å². The van der Waals surface area contributed by atoms with E-state index in [0.29, 0.717) is 6.61 Å². The Bertz CT molecular complexity index is 321. The molecule has 0 unspecified atom stereocenters. The lowest BCUT2D eigenvalue weighted by Gasteiger charge is -2.09. The largest absolute Gasteiger partial charge is 0.398 e. The molecule has 2 nitrogen and oxygen atoms in total. The zero-order valence-electron chi connectivity index (χ0n) is 11.3. The molecule has 0 aromatic heterocycles. The molecule has 2 N–H and O–H groups in total. The number of hydrogen-bond acceptors (Lipinski definition) is 2. The van der Waals surface area contributed by atoms with E-state index in [0.717, 1.165) is 28.8 Å². The van der Waals surface area contributed by atoms with Crippen LogP contribution in [-0.2, 0) is 11.3 Å². The Kier molecular flexibility index (Phi) is 8.10. The summed E-state index contributed by atoms with van der Waals surface area (Å²) in [5, 5.41) is 0. The Hall–Kier alpha value is -0.540.